The third kappa shape index (κ3) is 1.46. The summed E-state index contributed by atoms with van der Waals surface area (Å²) < 4.78 is 0. The van der Waals surface area contributed by atoms with E-state index in [1.807, 2.05) is 0 Å². The van der Waals surface area contributed by atoms with Gasteiger partial charge in [0, 0.05) is 6.54 Å². The standard InChI is InChI=1S/C7H11NO4/c1-3(9)5-4(10)2-8-6(5)7(11)12/h4-6,8,10H,2H2,1H3,(H,11,12)/t4-,5+,6-/m0/s1. The van der Waals surface area contributed by atoms with E-state index in [1.165, 1.54) is 6.92 Å². The Balaban J connectivity index is 2.77. The first-order valence-electron chi connectivity index (χ1n) is 3.68. The van der Waals surface area contributed by atoms with E-state index in [-0.39, 0.29) is 12.3 Å². The van der Waals surface area contributed by atoms with E-state index in [0.29, 0.717) is 0 Å². The van der Waals surface area contributed by atoms with Crippen molar-refractivity contribution in [1.82, 2.24) is 5.32 Å². The van der Waals surface area contributed by atoms with Gasteiger partial charge in [-0.3, -0.25) is 9.59 Å². The predicted molar refractivity (Wildman–Crippen MR) is 39.6 cm³/mol. The molecule has 1 saturated heterocycles. The van der Waals surface area contributed by atoms with Gasteiger partial charge in [0.15, 0.2) is 0 Å². The number of ketones is 1. The van der Waals surface area contributed by atoms with Crippen LogP contribution in [0.2, 0.25) is 0 Å². The van der Waals surface area contributed by atoms with Gasteiger partial charge in [0.2, 0.25) is 0 Å². The van der Waals surface area contributed by atoms with Gasteiger partial charge in [0.1, 0.15) is 11.8 Å². The summed E-state index contributed by atoms with van der Waals surface area (Å²) in [7, 11) is 0. The molecule has 68 valence electrons. The van der Waals surface area contributed by atoms with Crippen LogP contribution in [-0.2, 0) is 9.59 Å². The smallest absolute Gasteiger partial charge is 0.321 e. The van der Waals surface area contributed by atoms with E-state index in [9.17, 15) is 14.7 Å². The van der Waals surface area contributed by atoms with Gasteiger partial charge in [0.05, 0.1) is 12.0 Å². The van der Waals surface area contributed by atoms with Crippen LogP contribution in [-0.4, -0.2) is 40.7 Å². The number of carbonyl (C=O) groups excluding carboxylic acids is 1. The van der Waals surface area contributed by atoms with E-state index in [0.717, 1.165) is 0 Å². The fourth-order valence-corrected chi connectivity index (χ4v) is 1.47. The van der Waals surface area contributed by atoms with Crippen LogP contribution in [0.3, 0.4) is 0 Å². The van der Waals surface area contributed by atoms with Gasteiger partial charge in [-0.1, -0.05) is 0 Å². The summed E-state index contributed by atoms with van der Waals surface area (Å²) in [5, 5.41) is 20.4. The molecule has 0 aromatic rings. The molecule has 0 spiro atoms. The third-order valence-corrected chi connectivity index (χ3v) is 2.06. The van der Waals surface area contributed by atoms with Crippen molar-refractivity contribution >= 4 is 11.8 Å². The average molecular weight is 173 g/mol. The first-order valence-corrected chi connectivity index (χ1v) is 3.68. The summed E-state index contributed by atoms with van der Waals surface area (Å²) in [5.74, 6) is -2.19. The minimum Gasteiger partial charge on any atom is -0.480 e. The van der Waals surface area contributed by atoms with Crippen LogP contribution >= 0.6 is 0 Å². The number of β-amino-alcohol motifs (C(OH)–C–C–N with tert-alkyl or cyclic N) is 1. The zero-order valence-electron chi connectivity index (χ0n) is 6.65. The molecule has 1 aliphatic rings. The Morgan fingerprint density at radius 1 is 1.50 bits per heavy atom. The number of aliphatic hydroxyl groups excluding tert-OH is 1. The number of carbonyl (C=O) groups is 2. The molecular weight excluding hydrogens is 162 g/mol. The molecule has 3 atom stereocenters. The number of aliphatic hydroxyl groups is 1. The van der Waals surface area contributed by atoms with Crippen molar-refractivity contribution < 1.29 is 19.8 Å². The van der Waals surface area contributed by atoms with Gasteiger partial charge >= 0.3 is 5.97 Å². The molecule has 0 amide bonds. The van der Waals surface area contributed by atoms with E-state index < -0.39 is 24.0 Å². The molecule has 1 rings (SSSR count). The third-order valence-electron chi connectivity index (χ3n) is 2.06. The Labute approximate surface area is 69.4 Å². The van der Waals surface area contributed by atoms with E-state index in [1.54, 1.807) is 0 Å². The zero-order valence-corrected chi connectivity index (χ0v) is 6.65. The average Bonchev–Trinajstić information content (AvgIpc) is 2.30. The highest BCUT2D eigenvalue weighted by molar-refractivity contribution is 5.87. The fraction of sp³-hybridized carbons (Fsp3) is 0.714. The van der Waals surface area contributed by atoms with Gasteiger partial charge in [-0.05, 0) is 6.92 Å². The maximum Gasteiger partial charge on any atom is 0.321 e. The van der Waals surface area contributed by atoms with Gasteiger partial charge in [-0.2, -0.15) is 0 Å². The van der Waals surface area contributed by atoms with Crippen molar-refractivity contribution in [3.8, 4) is 0 Å². The van der Waals surface area contributed by atoms with Gasteiger partial charge < -0.3 is 15.5 Å². The van der Waals surface area contributed by atoms with Crippen molar-refractivity contribution in [3.63, 3.8) is 0 Å². The number of carboxylic acids is 1. The molecule has 3 N–H and O–H groups in total. The first-order chi connectivity index (χ1) is 5.54. The fourth-order valence-electron chi connectivity index (χ4n) is 1.47. The molecule has 12 heavy (non-hydrogen) atoms. The predicted octanol–water partition coefficient (Wildman–Crippen LogP) is -1.39. The monoisotopic (exact) mass is 173 g/mol. The Kier molecular flexibility index (Phi) is 2.44. The zero-order chi connectivity index (χ0) is 9.30. The number of carboxylic acid groups (broad SMARTS) is 1. The van der Waals surface area contributed by atoms with Crippen molar-refractivity contribution in [2.45, 2.75) is 19.1 Å². The van der Waals surface area contributed by atoms with Crippen LogP contribution in [0, 0.1) is 5.92 Å². The van der Waals surface area contributed by atoms with Crippen molar-refractivity contribution in [3.05, 3.63) is 0 Å². The van der Waals surface area contributed by atoms with Gasteiger partial charge in [-0.25, -0.2) is 0 Å². The van der Waals surface area contributed by atoms with Crippen LogP contribution in [0.15, 0.2) is 0 Å². The number of nitrogens with one attached hydrogen (secondary N) is 1. The van der Waals surface area contributed by atoms with Crippen LogP contribution in [0.25, 0.3) is 0 Å². The lowest BCUT2D eigenvalue weighted by molar-refractivity contribution is -0.143. The largest absolute Gasteiger partial charge is 0.480 e. The molecule has 0 aromatic carbocycles. The van der Waals surface area contributed by atoms with E-state index in [2.05, 4.69) is 5.32 Å². The molecule has 0 unspecified atom stereocenters. The lowest BCUT2D eigenvalue weighted by Crippen LogP contribution is -2.39. The summed E-state index contributed by atoms with van der Waals surface area (Å²) in [6, 6.07) is -0.933. The Morgan fingerprint density at radius 2 is 2.08 bits per heavy atom. The number of aliphatic carboxylic acids is 1. The van der Waals surface area contributed by atoms with E-state index >= 15 is 0 Å². The summed E-state index contributed by atoms with van der Waals surface area (Å²) >= 11 is 0. The topological polar surface area (TPSA) is 86.6 Å². The molecule has 0 aliphatic carbocycles. The van der Waals surface area contributed by atoms with Crippen LogP contribution < -0.4 is 5.32 Å². The Hall–Kier alpha value is -0.940. The van der Waals surface area contributed by atoms with Crippen molar-refractivity contribution in [2.75, 3.05) is 6.54 Å². The quantitative estimate of drug-likeness (QED) is 0.478. The van der Waals surface area contributed by atoms with Crippen LogP contribution in [0.5, 0.6) is 0 Å². The summed E-state index contributed by atoms with van der Waals surface area (Å²) in [6.45, 7) is 1.46. The lowest BCUT2D eigenvalue weighted by atomic mass is 9.95. The Bertz CT molecular complexity index is 215. The Morgan fingerprint density at radius 3 is 2.42 bits per heavy atom. The second kappa shape index (κ2) is 3.20. The van der Waals surface area contributed by atoms with E-state index in [4.69, 9.17) is 5.11 Å². The second-order valence-corrected chi connectivity index (χ2v) is 2.93. The normalized spacial score (nSPS) is 35.0. The lowest BCUT2D eigenvalue weighted by Gasteiger charge is -2.13. The van der Waals surface area contributed by atoms with Crippen LogP contribution in [0.1, 0.15) is 6.92 Å². The number of hydrogen-bond acceptors (Lipinski definition) is 4. The molecule has 0 bridgehead atoms. The highest BCUT2D eigenvalue weighted by Gasteiger charge is 2.41. The van der Waals surface area contributed by atoms with Crippen molar-refractivity contribution in [2.24, 2.45) is 5.92 Å². The molecule has 1 heterocycles. The van der Waals surface area contributed by atoms with Crippen molar-refractivity contribution in [1.29, 1.82) is 0 Å². The molecular formula is C7H11NO4. The molecule has 0 saturated carbocycles. The molecule has 5 heteroatoms. The van der Waals surface area contributed by atoms with Gasteiger partial charge in [0.25, 0.3) is 0 Å². The first kappa shape index (κ1) is 9.15. The molecule has 5 nitrogen and oxygen atoms in total. The summed E-state index contributed by atoms with van der Waals surface area (Å²) in [4.78, 5) is 21.4. The summed E-state index contributed by atoms with van der Waals surface area (Å²) in [5.41, 5.74) is 0. The number of Topliss-reactive ketones (excluding diaryl/α,β-unsaturated/α-hetero) is 1. The number of hydrogen-bond donors (Lipinski definition) is 3. The maximum atomic E-state index is 10.9. The molecule has 1 fully saturated rings. The second-order valence-electron chi connectivity index (χ2n) is 2.93. The SMILES string of the molecule is CC(=O)[C@H]1[C@@H](C(=O)O)NC[C@@H]1O. The maximum absolute atomic E-state index is 10.9. The highest BCUT2D eigenvalue weighted by Crippen LogP contribution is 2.17. The minimum atomic E-state index is -1.09. The molecule has 1 aliphatic heterocycles. The highest BCUT2D eigenvalue weighted by atomic mass is 16.4. The van der Waals surface area contributed by atoms with Gasteiger partial charge in [-0.15, -0.1) is 0 Å². The number of rotatable bonds is 2. The van der Waals surface area contributed by atoms with Crippen LogP contribution in [0.4, 0.5) is 0 Å². The summed E-state index contributed by atoms with van der Waals surface area (Å²) in [6.07, 6.45) is -0.872. The molecule has 0 radical (unpaired) electrons. The molecule has 0 aromatic heterocycles. The minimum absolute atomic E-state index is 0.168.